The van der Waals surface area contributed by atoms with E-state index in [0.717, 1.165) is 6.20 Å². The molecule has 0 unspecified atom stereocenters. The number of nitrogens with zero attached hydrogens (tertiary/aromatic N) is 1. The van der Waals surface area contributed by atoms with Crippen molar-refractivity contribution in [3.05, 3.63) is 21.4 Å². The molecule has 2 nitrogen and oxygen atoms in total. The van der Waals surface area contributed by atoms with Crippen LogP contribution in [0.2, 0.25) is 5.02 Å². The highest BCUT2D eigenvalue weighted by Crippen LogP contribution is 2.36. The van der Waals surface area contributed by atoms with Crippen molar-refractivity contribution in [3.63, 3.8) is 0 Å². The number of halogens is 4. The molecule has 0 aliphatic carbocycles. The maximum absolute atomic E-state index is 12.1. The Balaban J connectivity index is 3.27. The molecule has 0 saturated heterocycles. The molecule has 12 heavy (non-hydrogen) atoms. The van der Waals surface area contributed by atoms with E-state index in [-0.39, 0.29) is 9.63 Å². The van der Waals surface area contributed by atoms with Gasteiger partial charge in [0.2, 0.25) is 0 Å². The molecule has 0 aromatic carbocycles. The van der Waals surface area contributed by atoms with Gasteiger partial charge < -0.3 is 5.11 Å². The SMILES string of the molecule is Oc1c(Br)ncc(C(F)F)c1Cl. The van der Waals surface area contributed by atoms with E-state index in [1.807, 2.05) is 0 Å². The molecular formula is C6H3BrClF2NO. The molecule has 0 bridgehead atoms. The van der Waals surface area contributed by atoms with Crippen molar-refractivity contribution in [1.82, 2.24) is 4.98 Å². The van der Waals surface area contributed by atoms with Crippen LogP contribution < -0.4 is 0 Å². The Hall–Kier alpha value is -0.420. The molecule has 0 saturated carbocycles. The largest absolute Gasteiger partial charge is 0.504 e. The molecule has 0 atom stereocenters. The van der Waals surface area contributed by atoms with Gasteiger partial charge in [0.1, 0.15) is 4.60 Å². The molecule has 1 rings (SSSR count). The van der Waals surface area contributed by atoms with E-state index in [1.54, 1.807) is 0 Å². The van der Waals surface area contributed by atoms with E-state index in [1.165, 1.54) is 0 Å². The van der Waals surface area contributed by atoms with Crippen LogP contribution in [-0.2, 0) is 0 Å². The molecule has 1 heterocycles. The molecule has 6 heteroatoms. The number of hydrogen-bond acceptors (Lipinski definition) is 2. The predicted octanol–water partition coefficient (Wildman–Crippen LogP) is 3.14. The van der Waals surface area contributed by atoms with Crippen LogP contribution in [0.5, 0.6) is 5.75 Å². The first kappa shape index (κ1) is 9.67. The maximum Gasteiger partial charge on any atom is 0.266 e. The van der Waals surface area contributed by atoms with Crippen molar-refractivity contribution in [2.24, 2.45) is 0 Å². The van der Waals surface area contributed by atoms with E-state index in [4.69, 9.17) is 16.7 Å². The number of aromatic hydroxyl groups is 1. The molecule has 1 aromatic rings. The number of alkyl halides is 2. The summed E-state index contributed by atoms with van der Waals surface area (Å²) >= 11 is 8.23. The van der Waals surface area contributed by atoms with Crippen molar-refractivity contribution >= 4 is 27.5 Å². The average Bonchev–Trinajstić information content (AvgIpc) is 2.00. The monoisotopic (exact) mass is 257 g/mol. The Morgan fingerprint density at radius 2 is 2.17 bits per heavy atom. The maximum atomic E-state index is 12.1. The van der Waals surface area contributed by atoms with E-state index in [0.29, 0.717) is 0 Å². The fourth-order valence-corrected chi connectivity index (χ4v) is 1.26. The Labute approximate surface area is 80.3 Å². The summed E-state index contributed by atoms with van der Waals surface area (Å²) in [7, 11) is 0. The van der Waals surface area contributed by atoms with Gasteiger partial charge in [-0.3, -0.25) is 0 Å². The zero-order valence-corrected chi connectivity index (χ0v) is 7.90. The molecule has 0 aliphatic rings. The minimum Gasteiger partial charge on any atom is -0.504 e. The van der Waals surface area contributed by atoms with E-state index in [9.17, 15) is 8.78 Å². The van der Waals surface area contributed by atoms with Crippen LogP contribution in [0.4, 0.5) is 8.78 Å². The summed E-state index contributed by atoms with van der Waals surface area (Å²) < 4.78 is 24.2. The smallest absolute Gasteiger partial charge is 0.266 e. The lowest BCUT2D eigenvalue weighted by molar-refractivity contribution is 0.150. The molecular weight excluding hydrogens is 255 g/mol. The first-order valence-electron chi connectivity index (χ1n) is 2.85. The minimum atomic E-state index is -2.73. The zero-order valence-electron chi connectivity index (χ0n) is 5.56. The zero-order chi connectivity index (χ0) is 9.30. The van der Waals surface area contributed by atoms with Gasteiger partial charge in [-0.05, 0) is 15.9 Å². The second kappa shape index (κ2) is 3.53. The van der Waals surface area contributed by atoms with Gasteiger partial charge >= 0.3 is 0 Å². The van der Waals surface area contributed by atoms with Crippen LogP contribution in [0.15, 0.2) is 10.8 Å². The van der Waals surface area contributed by atoms with Crippen LogP contribution in [0.1, 0.15) is 12.0 Å². The third-order valence-electron chi connectivity index (χ3n) is 1.21. The summed E-state index contributed by atoms with van der Waals surface area (Å²) in [5.41, 5.74) is -0.475. The van der Waals surface area contributed by atoms with Crippen LogP contribution in [0, 0.1) is 0 Å². The number of rotatable bonds is 1. The van der Waals surface area contributed by atoms with Gasteiger partial charge in [-0.1, -0.05) is 11.6 Å². The second-order valence-electron chi connectivity index (χ2n) is 1.97. The Morgan fingerprint density at radius 3 is 2.67 bits per heavy atom. The number of hydrogen-bond donors (Lipinski definition) is 1. The molecule has 0 amide bonds. The highest BCUT2D eigenvalue weighted by molar-refractivity contribution is 9.10. The van der Waals surface area contributed by atoms with Gasteiger partial charge in [-0.2, -0.15) is 0 Å². The van der Waals surface area contributed by atoms with Gasteiger partial charge in [-0.15, -0.1) is 0 Å². The van der Waals surface area contributed by atoms with Crippen molar-refractivity contribution in [2.45, 2.75) is 6.43 Å². The van der Waals surface area contributed by atoms with E-state index in [2.05, 4.69) is 20.9 Å². The standard InChI is InChI=1S/C6H3BrClF2NO/c7-5-4(12)3(8)2(1-11-5)6(9)10/h1,6,12H. The van der Waals surface area contributed by atoms with Crippen molar-refractivity contribution in [1.29, 1.82) is 0 Å². The van der Waals surface area contributed by atoms with E-state index >= 15 is 0 Å². The predicted molar refractivity (Wildman–Crippen MR) is 43.6 cm³/mol. The molecule has 0 aliphatic heterocycles. The Kier molecular flexibility index (Phi) is 2.85. The highest BCUT2D eigenvalue weighted by Gasteiger charge is 2.17. The lowest BCUT2D eigenvalue weighted by Gasteiger charge is -2.04. The fraction of sp³-hybridized carbons (Fsp3) is 0.167. The van der Waals surface area contributed by atoms with Crippen LogP contribution in [-0.4, -0.2) is 10.1 Å². The van der Waals surface area contributed by atoms with Gasteiger partial charge in [0.25, 0.3) is 6.43 Å². The third-order valence-corrected chi connectivity index (χ3v) is 2.19. The van der Waals surface area contributed by atoms with Gasteiger partial charge in [-0.25, -0.2) is 13.8 Å². The summed E-state index contributed by atoms with van der Waals surface area (Å²) in [6.07, 6.45) is -1.82. The fourth-order valence-electron chi connectivity index (χ4n) is 0.623. The second-order valence-corrected chi connectivity index (χ2v) is 3.10. The van der Waals surface area contributed by atoms with Crippen molar-refractivity contribution < 1.29 is 13.9 Å². The normalized spacial score (nSPS) is 10.8. The molecule has 0 fully saturated rings. The molecule has 0 radical (unpaired) electrons. The summed E-state index contributed by atoms with van der Waals surface area (Å²) in [4.78, 5) is 3.46. The topological polar surface area (TPSA) is 33.1 Å². The van der Waals surface area contributed by atoms with Crippen LogP contribution in [0.3, 0.4) is 0 Å². The highest BCUT2D eigenvalue weighted by atomic mass is 79.9. The van der Waals surface area contributed by atoms with Crippen LogP contribution >= 0.6 is 27.5 Å². The minimum absolute atomic E-state index is 0.0527. The molecule has 1 aromatic heterocycles. The lowest BCUT2D eigenvalue weighted by Crippen LogP contribution is -1.89. The summed E-state index contributed by atoms with van der Waals surface area (Å²) in [6.45, 7) is 0. The Bertz CT molecular complexity index is 308. The van der Waals surface area contributed by atoms with Gasteiger partial charge in [0.15, 0.2) is 5.75 Å². The first-order valence-corrected chi connectivity index (χ1v) is 4.02. The first-order chi connectivity index (χ1) is 5.54. The van der Waals surface area contributed by atoms with Crippen LogP contribution in [0.25, 0.3) is 0 Å². The Morgan fingerprint density at radius 1 is 1.58 bits per heavy atom. The van der Waals surface area contributed by atoms with Gasteiger partial charge in [0.05, 0.1) is 10.6 Å². The third kappa shape index (κ3) is 1.67. The van der Waals surface area contributed by atoms with E-state index < -0.39 is 17.7 Å². The average molecular weight is 258 g/mol. The van der Waals surface area contributed by atoms with Gasteiger partial charge in [0, 0.05) is 6.20 Å². The van der Waals surface area contributed by atoms with Crippen molar-refractivity contribution in [3.8, 4) is 5.75 Å². The quantitative estimate of drug-likeness (QED) is 0.785. The number of pyridine rings is 1. The molecule has 1 N–H and O–H groups in total. The summed E-state index contributed by atoms with van der Waals surface area (Å²) in [5, 5.41) is 8.69. The summed E-state index contributed by atoms with van der Waals surface area (Å²) in [6, 6.07) is 0. The molecule has 0 spiro atoms. The van der Waals surface area contributed by atoms with Crippen molar-refractivity contribution in [2.75, 3.05) is 0 Å². The number of aromatic nitrogens is 1. The summed E-state index contributed by atoms with van der Waals surface area (Å²) in [5.74, 6) is -0.463. The lowest BCUT2D eigenvalue weighted by atomic mass is 10.3. The molecule has 66 valence electrons.